The maximum absolute atomic E-state index is 12.7. The third-order valence-electron chi connectivity index (χ3n) is 4.33. The van der Waals surface area contributed by atoms with E-state index in [4.69, 9.17) is 4.74 Å². The number of carbonyl (C=O) groups is 2. The fourth-order valence-electron chi connectivity index (χ4n) is 2.87. The molecule has 130 valence electrons. The Morgan fingerprint density at radius 3 is 2.72 bits per heavy atom. The van der Waals surface area contributed by atoms with Gasteiger partial charge in [-0.15, -0.1) is 0 Å². The molecular weight excluding hydrogens is 318 g/mol. The molecule has 1 aliphatic heterocycles. The molecule has 25 heavy (non-hydrogen) atoms. The molecule has 2 aromatic rings. The van der Waals surface area contributed by atoms with E-state index < -0.39 is 12.1 Å². The van der Waals surface area contributed by atoms with E-state index >= 15 is 0 Å². The van der Waals surface area contributed by atoms with Crippen LogP contribution in [0.2, 0.25) is 0 Å². The number of rotatable bonds is 4. The maximum Gasteiger partial charge on any atom is 0.252 e. The minimum Gasteiger partial charge on any atom is -0.356 e. The van der Waals surface area contributed by atoms with E-state index in [1.54, 1.807) is 18.1 Å². The van der Waals surface area contributed by atoms with Crippen LogP contribution >= 0.6 is 0 Å². The molecule has 2 atom stereocenters. The number of ether oxygens (including phenoxy) is 1. The topological polar surface area (TPSA) is 71.5 Å². The third kappa shape index (κ3) is 3.85. The van der Waals surface area contributed by atoms with Gasteiger partial charge in [0.05, 0.1) is 18.3 Å². The van der Waals surface area contributed by atoms with Crippen molar-refractivity contribution in [2.24, 2.45) is 0 Å². The minimum atomic E-state index is -0.755. The Balaban J connectivity index is 1.78. The number of nitrogens with one attached hydrogen (secondary N) is 1. The second-order valence-corrected chi connectivity index (χ2v) is 6.13. The number of morpholine rings is 1. The zero-order valence-electron chi connectivity index (χ0n) is 14.3. The Morgan fingerprint density at radius 1 is 1.28 bits per heavy atom. The predicted molar refractivity (Wildman–Crippen MR) is 92.5 cm³/mol. The molecule has 1 saturated heterocycles. The van der Waals surface area contributed by atoms with Crippen LogP contribution in [0.15, 0.2) is 48.7 Å². The molecule has 0 saturated carbocycles. The van der Waals surface area contributed by atoms with Gasteiger partial charge in [0.15, 0.2) is 6.10 Å². The average molecular weight is 339 g/mol. The number of aryl methyl sites for hydroxylation is 1. The summed E-state index contributed by atoms with van der Waals surface area (Å²) < 4.78 is 5.58. The molecule has 1 fully saturated rings. The van der Waals surface area contributed by atoms with Crippen LogP contribution in [0.1, 0.15) is 22.9 Å². The van der Waals surface area contributed by atoms with Crippen molar-refractivity contribution in [2.45, 2.75) is 25.6 Å². The van der Waals surface area contributed by atoms with E-state index in [1.165, 1.54) is 0 Å². The first kappa shape index (κ1) is 17.1. The van der Waals surface area contributed by atoms with Crippen molar-refractivity contribution in [2.75, 3.05) is 13.7 Å². The number of amides is 2. The van der Waals surface area contributed by atoms with Crippen molar-refractivity contribution in [3.63, 3.8) is 0 Å². The predicted octanol–water partition coefficient (Wildman–Crippen LogP) is 1.60. The average Bonchev–Trinajstić information content (AvgIpc) is 2.63. The molecule has 1 aliphatic rings. The zero-order chi connectivity index (χ0) is 17.8. The number of carbonyl (C=O) groups excluding carboxylic acids is 2. The van der Waals surface area contributed by atoms with Crippen molar-refractivity contribution >= 4 is 11.8 Å². The van der Waals surface area contributed by atoms with Crippen molar-refractivity contribution < 1.29 is 14.3 Å². The SMILES string of the molecule is Cc1ccc([C@H]2[C@@H](C(=O)NCc3ccccn3)OCC(=O)N2C)cc1. The molecule has 6 nitrogen and oxygen atoms in total. The second-order valence-electron chi connectivity index (χ2n) is 6.13. The monoisotopic (exact) mass is 339 g/mol. The van der Waals surface area contributed by atoms with E-state index in [0.717, 1.165) is 16.8 Å². The zero-order valence-corrected chi connectivity index (χ0v) is 14.3. The Bertz CT molecular complexity index is 746. The lowest BCUT2D eigenvalue weighted by Crippen LogP contribution is -2.52. The van der Waals surface area contributed by atoms with Crippen LogP contribution < -0.4 is 5.32 Å². The van der Waals surface area contributed by atoms with Crippen LogP contribution in [0.25, 0.3) is 0 Å². The van der Waals surface area contributed by atoms with Crippen LogP contribution in [0.4, 0.5) is 0 Å². The van der Waals surface area contributed by atoms with Crippen molar-refractivity contribution in [3.05, 3.63) is 65.5 Å². The van der Waals surface area contributed by atoms with Gasteiger partial charge < -0.3 is 15.0 Å². The highest BCUT2D eigenvalue weighted by Gasteiger charge is 2.39. The van der Waals surface area contributed by atoms with Gasteiger partial charge >= 0.3 is 0 Å². The highest BCUT2D eigenvalue weighted by Crippen LogP contribution is 2.29. The molecule has 6 heteroatoms. The lowest BCUT2D eigenvalue weighted by Gasteiger charge is -2.38. The molecule has 0 bridgehead atoms. The van der Waals surface area contributed by atoms with Gasteiger partial charge in [0.1, 0.15) is 6.61 Å². The van der Waals surface area contributed by atoms with E-state index in [0.29, 0.717) is 6.54 Å². The van der Waals surface area contributed by atoms with Gasteiger partial charge in [-0.05, 0) is 24.6 Å². The van der Waals surface area contributed by atoms with E-state index in [2.05, 4.69) is 10.3 Å². The van der Waals surface area contributed by atoms with Gasteiger partial charge in [0.25, 0.3) is 5.91 Å². The first-order valence-electron chi connectivity index (χ1n) is 8.17. The van der Waals surface area contributed by atoms with E-state index in [1.807, 2.05) is 49.4 Å². The van der Waals surface area contributed by atoms with Gasteiger partial charge in [-0.2, -0.15) is 0 Å². The molecule has 1 aromatic heterocycles. The first-order chi connectivity index (χ1) is 12.1. The van der Waals surface area contributed by atoms with Crippen molar-refractivity contribution in [1.82, 2.24) is 15.2 Å². The summed E-state index contributed by atoms with van der Waals surface area (Å²) in [6.07, 6.45) is 0.925. The number of hydrogen-bond acceptors (Lipinski definition) is 4. The maximum atomic E-state index is 12.7. The minimum absolute atomic E-state index is 0.0967. The van der Waals surface area contributed by atoms with Crippen LogP contribution in [0, 0.1) is 6.92 Å². The number of nitrogens with zero attached hydrogens (tertiary/aromatic N) is 2. The summed E-state index contributed by atoms with van der Waals surface area (Å²) in [5.74, 6) is -0.394. The van der Waals surface area contributed by atoms with Crippen LogP contribution in [-0.2, 0) is 20.9 Å². The summed E-state index contributed by atoms with van der Waals surface area (Å²) in [5.41, 5.74) is 2.76. The number of likely N-dealkylation sites (N-methyl/N-ethyl adjacent to an activating group) is 1. The molecule has 0 unspecified atom stereocenters. The highest BCUT2D eigenvalue weighted by molar-refractivity contribution is 5.86. The lowest BCUT2D eigenvalue weighted by atomic mass is 9.96. The van der Waals surface area contributed by atoms with Gasteiger partial charge in [0, 0.05) is 13.2 Å². The third-order valence-corrected chi connectivity index (χ3v) is 4.33. The molecule has 0 spiro atoms. The Kier molecular flexibility index (Phi) is 5.09. The molecule has 1 aromatic carbocycles. The number of aromatic nitrogens is 1. The summed E-state index contributed by atoms with van der Waals surface area (Å²) in [6, 6.07) is 12.9. The Morgan fingerprint density at radius 2 is 2.04 bits per heavy atom. The Labute approximate surface area is 146 Å². The van der Waals surface area contributed by atoms with Gasteiger partial charge in [0.2, 0.25) is 5.91 Å². The van der Waals surface area contributed by atoms with E-state index in [-0.39, 0.29) is 18.4 Å². The molecule has 2 amide bonds. The molecule has 0 radical (unpaired) electrons. The molecule has 1 N–H and O–H groups in total. The number of pyridine rings is 1. The Hall–Kier alpha value is -2.73. The highest BCUT2D eigenvalue weighted by atomic mass is 16.5. The summed E-state index contributed by atoms with van der Waals surface area (Å²) in [4.78, 5) is 30.5. The van der Waals surface area contributed by atoms with Crippen LogP contribution in [-0.4, -0.2) is 41.5 Å². The summed E-state index contributed by atoms with van der Waals surface area (Å²) in [5, 5.41) is 2.85. The van der Waals surface area contributed by atoms with E-state index in [9.17, 15) is 9.59 Å². The van der Waals surface area contributed by atoms with Crippen LogP contribution in [0.5, 0.6) is 0 Å². The molecule has 0 aliphatic carbocycles. The second kappa shape index (κ2) is 7.44. The fraction of sp³-hybridized carbons (Fsp3) is 0.316. The first-order valence-corrected chi connectivity index (χ1v) is 8.17. The van der Waals surface area contributed by atoms with Crippen LogP contribution in [0.3, 0.4) is 0 Å². The number of hydrogen-bond donors (Lipinski definition) is 1. The quantitative estimate of drug-likeness (QED) is 0.918. The van der Waals surface area contributed by atoms with Crippen molar-refractivity contribution in [3.8, 4) is 0 Å². The smallest absolute Gasteiger partial charge is 0.252 e. The number of benzene rings is 1. The fourth-order valence-corrected chi connectivity index (χ4v) is 2.87. The largest absolute Gasteiger partial charge is 0.356 e. The summed E-state index contributed by atoms with van der Waals surface area (Å²) in [7, 11) is 1.70. The standard InChI is InChI=1S/C19H21N3O3/c1-13-6-8-14(9-7-13)17-18(25-12-16(23)22(17)2)19(24)21-11-15-5-3-4-10-20-15/h3-10,17-18H,11-12H2,1-2H3,(H,21,24)/t17-,18-/m0/s1. The lowest BCUT2D eigenvalue weighted by molar-refractivity contribution is -0.162. The van der Waals surface area contributed by atoms with Gasteiger partial charge in [-0.25, -0.2) is 0 Å². The van der Waals surface area contributed by atoms with Gasteiger partial charge in [-0.1, -0.05) is 35.9 Å². The normalized spacial score (nSPS) is 20.4. The molecular formula is C19H21N3O3. The summed E-state index contributed by atoms with van der Waals surface area (Å²) >= 11 is 0. The summed E-state index contributed by atoms with van der Waals surface area (Å²) in [6.45, 7) is 2.21. The van der Waals surface area contributed by atoms with Crippen molar-refractivity contribution in [1.29, 1.82) is 0 Å². The molecule has 2 heterocycles. The molecule has 3 rings (SSSR count). The van der Waals surface area contributed by atoms with Gasteiger partial charge in [-0.3, -0.25) is 14.6 Å².